The number of rotatable bonds is 3. The maximum Gasteiger partial charge on any atom is 0.151 e. The van der Waals surface area contributed by atoms with Crippen molar-refractivity contribution in [3.05, 3.63) is 34.9 Å². The fraction of sp³-hybridized carbons (Fsp3) is 0.308. The smallest absolute Gasteiger partial charge is 0.151 e. The molecule has 0 amide bonds. The predicted octanol–water partition coefficient (Wildman–Crippen LogP) is 3.64. The van der Waals surface area contributed by atoms with Gasteiger partial charge in [0.15, 0.2) is 5.82 Å². The highest BCUT2D eigenvalue weighted by Gasteiger charge is 2.17. The van der Waals surface area contributed by atoms with Crippen molar-refractivity contribution in [3.63, 3.8) is 0 Å². The molecule has 3 nitrogen and oxygen atoms in total. The zero-order valence-electron chi connectivity index (χ0n) is 10.4. The quantitative estimate of drug-likeness (QED) is 0.923. The molecule has 1 aromatic heterocycles. The van der Waals surface area contributed by atoms with Crippen LogP contribution in [0, 0.1) is 12.7 Å². The monoisotopic (exact) mass is 267 g/mol. The van der Waals surface area contributed by atoms with Gasteiger partial charge in [0.05, 0.1) is 5.02 Å². The number of benzene rings is 1. The van der Waals surface area contributed by atoms with Crippen molar-refractivity contribution in [3.8, 4) is 11.3 Å². The molecule has 0 unspecified atom stereocenters. The molecule has 2 aromatic rings. The van der Waals surface area contributed by atoms with E-state index < -0.39 is 5.82 Å². The molecule has 0 aliphatic carbocycles. The average molecular weight is 268 g/mol. The van der Waals surface area contributed by atoms with Crippen LogP contribution < -0.4 is 5.73 Å². The van der Waals surface area contributed by atoms with Crippen molar-refractivity contribution in [1.29, 1.82) is 0 Å². The number of nitrogens with two attached hydrogens (primary N) is 1. The lowest BCUT2D eigenvalue weighted by atomic mass is 10.1. The van der Waals surface area contributed by atoms with Gasteiger partial charge in [-0.3, -0.25) is 0 Å². The Morgan fingerprint density at radius 1 is 1.44 bits per heavy atom. The largest absolute Gasteiger partial charge is 0.383 e. The Labute approximate surface area is 110 Å². The van der Waals surface area contributed by atoms with Crippen LogP contribution in [0.4, 0.5) is 10.2 Å². The van der Waals surface area contributed by atoms with Crippen LogP contribution in [0.3, 0.4) is 0 Å². The number of anilines is 1. The van der Waals surface area contributed by atoms with Gasteiger partial charge in [0.2, 0.25) is 0 Å². The van der Waals surface area contributed by atoms with Gasteiger partial charge in [-0.05, 0) is 25.5 Å². The molecule has 1 aromatic carbocycles. The van der Waals surface area contributed by atoms with Gasteiger partial charge in [0, 0.05) is 12.1 Å². The molecule has 18 heavy (non-hydrogen) atoms. The number of nitrogen functional groups attached to an aromatic ring is 1. The van der Waals surface area contributed by atoms with Crippen LogP contribution in [0.25, 0.3) is 11.3 Å². The van der Waals surface area contributed by atoms with Crippen LogP contribution in [0.5, 0.6) is 0 Å². The number of hydrogen-bond donors (Lipinski definition) is 1. The molecule has 0 aliphatic heterocycles. The standard InChI is InChI=1S/C13H15ClFN3/c1-3-7-18-8(2)17-12(13(18)16)9-5-4-6-10(14)11(9)15/h4-6H,3,7,16H2,1-2H3. The lowest BCUT2D eigenvalue weighted by molar-refractivity contribution is 0.631. The van der Waals surface area contributed by atoms with Gasteiger partial charge in [-0.15, -0.1) is 0 Å². The van der Waals surface area contributed by atoms with Crippen LogP contribution in [0.2, 0.25) is 5.02 Å². The third-order valence-electron chi connectivity index (χ3n) is 2.85. The van der Waals surface area contributed by atoms with E-state index in [9.17, 15) is 4.39 Å². The average Bonchev–Trinajstić information content (AvgIpc) is 2.61. The molecule has 1 heterocycles. The summed E-state index contributed by atoms with van der Waals surface area (Å²) in [6.07, 6.45) is 0.943. The summed E-state index contributed by atoms with van der Waals surface area (Å²) in [4.78, 5) is 4.34. The fourth-order valence-electron chi connectivity index (χ4n) is 1.97. The number of aromatic nitrogens is 2. The Morgan fingerprint density at radius 3 is 2.83 bits per heavy atom. The van der Waals surface area contributed by atoms with Gasteiger partial charge in [-0.1, -0.05) is 24.6 Å². The molecule has 5 heteroatoms. The second kappa shape index (κ2) is 4.98. The summed E-state index contributed by atoms with van der Waals surface area (Å²) in [5.74, 6) is 0.784. The zero-order valence-corrected chi connectivity index (χ0v) is 11.1. The van der Waals surface area contributed by atoms with E-state index in [-0.39, 0.29) is 5.02 Å². The Balaban J connectivity index is 2.58. The molecular weight excluding hydrogens is 253 g/mol. The maximum absolute atomic E-state index is 14.0. The molecule has 0 atom stereocenters. The SMILES string of the molecule is CCCn1c(C)nc(-c2cccc(Cl)c2F)c1N. The van der Waals surface area contributed by atoms with E-state index >= 15 is 0 Å². The summed E-state index contributed by atoms with van der Waals surface area (Å²) in [6.45, 7) is 4.68. The summed E-state index contributed by atoms with van der Waals surface area (Å²) in [5, 5.41) is 0.0783. The van der Waals surface area contributed by atoms with Crippen LogP contribution in [0.15, 0.2) is 18.2 Å². The Morgan fingerprint density at radius 2 is 2.17 bits per heavy atom. The van der Waals surface area contributed by atoms with Crippen molar-refractivity contribution in [1.82, 2.24) is 9.55 Å². The highest BCUT2D eigenvalue weighted by atomic mass is 35.5. The van der Waals surface area contributed by atoms with Crippen LogP contribution in [-0.4, -0.2) is 9.55 Å². The fourth-order valence-corrected chi connectivity index (χ4v) is 2.15. The van der Waals surface area contributed by atoms with E-state index in [0.717, 1.165) is 18.8 Å². The predicted molar refractivity (Wildman–Crippen MR) is 72.1 cm³/mol. The van der Waals surface area contributed by atoms with Crippen molar-refractivity contribution in [2.45, 2.75) is 26.8 Å². The molecule has 96 valence electrons. The van der Waals surface area contributed by atoms with Crippen molar-refractivity contribution in [2.75, 3.05) is 5.73 Å². The minimum atomic E-state index is -0.480. The number of hydrogen-bond acceptors (Lipinski definition) is 2. The first kappa shape index (κ1) is 12.9. The third-order valence-corrected chi connectivity index (χ3v) is 3.14. The molecule has 0 radical (unpaired) electrons. The Bertz CT molecular complexity index is 578. The summed E-state index contributed by atoms with van der Waals surface area (Å²) in [6, 6.07) is 4.83. The topological polar surface area (TPSA) is 43.8 Å². The van der Waals surface area contributed by atoms with Gasteiger partial charge >= 0.3 is 0 Å². The van der Waals surface area contributed by atoms with E-state index in [1.807, 2.05) is 11.5 Å². The highest BCUT2D eigenvalue weighted by molar-refractivity contribution is 6.31. The van der Waals surface area contributed by atoms with Gasteiger partial charge in [0.1, 0.15) is 17.3 Å². The van der Waals surface area contributed by atoms with Gasteiger partial charge in [-0.25, -0.2) is 9.37 Å². The first-order valence-electron chi connectivity index (χ1n) is 5.83. The van der Waals surface area contributed by atoms with Crippen LogP contribution >= 0.6 is 11.6 Å². The highest BCUT2D eigenvalue weighted by Crippen LogP contribution is 2.31. The summed E-state index contributed by atoms with van der Waals surface area (Å²) >= 11 is 5.77. The van der Waals surface area contributed by atoms with Crippen LogP contribution in [0.1, 0.15) is 19.2 Å². The Kier molecular flexibility index (Phi) is 3.57. The number of imidazole rings is 1. The molecule has 0 fully saturated rings. The van der Waals surface area contributed by atoms with E-state index in [4.69, 9.17) is 17.3 Å². The number of nitrogens with zero attached hydrogens (tertiary/aromatic N) is 2. The lowest BCUT2D eigenvalue weighted by Gasteiger charge is -2.06. The van der Waals surface area contributed by atoms with E-state index in [1.165, 1.54) is 6.07 Å². The first-order chi connectivity index (χ1) is 8.56. The molecule has 2 N–H and O–H groups in total. The summed E-state index contributed by atoms with van der Waals surface area (Å²) < 4.78 is 15.8. The summed E-state index contributed by atoms with van der Waals surface area (Å²) in [5.41, 5.74) is 6.84. The second-order valence-corrected chi connectivity index (χ2v) is 4.55. The maximum atomic E-state index is 14.0. The van der Waals surface area contributed by atoms with Crippen molar-refractivity contribution < 1.29 is 4.39 Å². The Hall–Kier alpha value is -1.55. The van der Waals surface area contributed by atoms with Gasteiger partial charge < -0.3 is 10.3 Å². The molecular formula is C13H15ClFN3. The molecule has 2 rings (SSSR count). The van der Waals surface area contributed by atoms with Crippen LogP contribution in [-0.2, 0) is 6.54 Å². The van der Waals surface area contributed by atoms with E-state index in [0.29, 0.717) is 17.1 Å². The minimum Gasteiger partial charge on any atom is -0.383 e. The molecule has 0 aliphatic rings. The number of halogens is 2. The van der Waals surface area contributed by atoms with E-state index in [1.54, 1.807) is 12.1 Å². The molecule has 0 saturated carbocycles. The third kappa shape index (κ3) is 2.08. The van der Waals surface area contributed by atoms with Gasteiger partial charge in [0.25, 0.3) is 0 Å². The normalized spacial score (nSPS) is 10.9. The molecule has 0 saturated heterocycles. The lowest BCUT2D eigenvalue weighted by Crippen LogP contribution is -2.04. The van der Waals surface area contributed by atoms with Crippen molar-refractivity contribution >= 4 is 17.4 Å². The minimum absolute atomic E-state index is 0.0783. The first-order valence-corrected chi connectivity index (χ1v) is 6.21. The number of aryl methyl sites for hydroxylation is 1. The van der Waals surface area contributed by atoms with E-state index in [2.05, 4.69) is 11.9 Å². The second-order valence-electron chi connectivity index (χ2n) is 4.15. The molecule has 0 spiro atoms. The van der Waals surface area contributed by atoms with Gasteiger partial charge in [-0.2, -0.15) is 0 Å². The zero-order chi connectivity index (χ0) is 13.3. The van der Waals surface area contributed by atoms with Crippen molar-refractivity contribution in [2.24, 2.45) is 0 Å². The molecule has 0 bridgehead atoms. The summed E-state index contributed by atoms with van der Waals surface area (Å²) in [7, 11) is 0.